The zero-order valence-electron chi connectivity index (χ0n) is 18.0. The lowest BCUT2D eigenvalue weighted by molar-refractivity contribution is -0.140. The summed E-state index contributed by atoms with van der Waals surface area (Å²) in [6.07, 6.45) is 1.87. The van der Waals surface area contributed by atoms with E-state index in [2.05, 4.69) is 10.6 Å². The Hall–Kier alpha value is -3.35. The van der Waals surface area contributed by atoms with Crippen LogP contribution in [0.3, 0.4) is 0 Å². The van der Waals surface area contributed by atoms with E-state index in [1.54, 1.807) is 0 Å². The van der Waals surface area contributed by atoms with Crippen molar-refractivity contribution >= 4 is 18.0 Å². The molecule has 0 aliphatic heterocycles. The van der Waals surface area contributed by atoms with Crippen LogP contribution in [0.5, 0.6) is 0 Å². The molecule has 2 aromatic rings. The number of carbonyl (C=O) groups excluding carboxylic acids is 2. The van der Waals surface area contributed by atoms with E-state index in [-0.39, 0.29) is 18.6 Å². The quantitative estimate of drug-likeness (QED) is 0.556. The van der Waals surface area contributed by atoms with Crippen LogP contribution in [-0.4, -0.2) is 41.8 Å². The molecule has 4 rings (SSSR count). The standard InChI is InChI=1S/C25H28N2O5/c1-15(12-16-10-11-16)26-24(30)22(13-23(28)29)27-25(31)32-14-21-19-8-4-2-6-17(19)18-7-3-5-9-20(18)21/h2-9,15-16,21-22H,10-14H2,1H3,(H,26,30)(H,27,31)(H,28,29). The molecule has 7 heteroatoms. The maximum absolute atomic E-state index is 12.6. The van der Waals surface area contributed by atoms with Crippen LogP contribution >= 0.6 is 0 Å². The number of carboxylic acids is 1. The van der Waals surface area contributed by atoms with Crippen molar-refractivity contribution < 1.29 is 24.2 Å². The first kappa shape index (κ1) is 21.9. The van der Waals surface area contributed by atoms with Gasteiger partial charge in [0.25, 0.3) is 0 Å². The fourth-order valence-corrected chi connectivity index (χ4v) is 4.42. The van der Waals surface area contributed by atoms with Crippen LogP contribution < -0.4 is 10.6 Å². The number of carbonyl (C=O) groups is 3. The van der Waals surface area contributed by atoms with Gasteiger partial charge in [0.1, 0.15) is 12.6 Å². The van der Waals surface area contributed by atoms with Crippen molar-refractivity contribution in [2.45, 2.75) is 50.6 Å². The fourth-order valence-electron chi connectivity index (χ4n) is 4.42. The highest BCUT2D eigenvalue weighted by Gasteiger charge is 2.31. The van der Waals surface area contributed by atoms with Gasteiger partial charge in [0.2, 0.25) is 5.91 Å². The Balaban J connectivity index is 1.38. The summed E-state index contributed by atoms with van der Waals surface area (Å²) in [5, 5.41) is 14.4. The number of rotatable bonds is 9. The Labute approximate surface area is 187 Å². The highest BCUT2D eigenvalue weighted by molar-refractivity contribution is 5.89. The lowest BCUT2D eigenvalue weighted by Crippen LogP contribution is -2.50. The van der Waals surface area contributed by atoms with Crippen molar-refractivity contribution in [3.05, 3.63) is 59.7 Å². The third-order valence-corrected chi connectivity index (χ3v) is 6.10. The van der Waals surface area contributed by atoms with E-state index in [1.807, 2.05) is 55.5 Å². The van der Waals surface area contributed by atoms with E-state index in [0.717, 1.165) is 41.5 Å². The minimum atomic E-state index is -1.19. The molecule has 0 radical (unpaired) electrons. The predicted molar refractivity (Wildman–Crippen MR) is 119 cm³/mol. The van der Waals surface area contributed by atoms with Gasteiger partial charge in [-0.15, -0.1) is 0 Å². The largest absolute Gasteiger partial charge is 0.481 e. The van der Waals surface area contributed by atoms with E-state index in [4.69, 9.17) is 4.74 Å². The molecule has 32 heavy (non-hydrogen) atoms. The van der Waals surface area contributed by atoms with Crippen LogP contribution in [-0.2, 0) is 14.3 Å². The number of hydrogen-bond donors (Lipinski definition) is 3. The lowest BCUT2D eigenvalue weighted by Gasteiger charge is -2.21. The van der Waals surface area contributed by atoms with Crippen LogP contribution in [0.2, 0.25) is 0 Å². The monoisotopic (exact) mass is 436 g/mol. The summed E-state index contributed by atoms with van der Waals surface area (Å²) in [5.41, 5.74) is 4.39. The van der Waals surface area contributed by atoms with Gasteiger partial charge in [0.05, 0.1) is 6.42 Å². The molecular formula is C25H28N2O5. The first-order valence-corrected chi connectivity index (χ1v) is 11.1. The van der Waals surface area contributed by atoms with Gasteiger partial charge in [-0.25, -0.2) is 4.79 Å². The number of nitrogens with one attached hydrogen (secondary N) is 2. The number of ether oxygens (including phenoxy) is 1. The third kappa shape index (κ3) is 5.10. The van der Waals surface area contributed by atoms with Crippen molar-refractivity contribution in [1.29, 1.82) is 0 Å². The number of amides is 2. The van der Waals surface area contributed by atoms with Gasteiger partial charge in [-0.1, -0.05) is 61.4 Å². The molecule has 0 aromatic heterocycles. The molecule has 2 atom stereocenters. The van der Waals surface area contributed by atoms with Crippen molar-refractivity contribution in [3.8, 4) is 11.1 Å². The number of fused-ring (bicyclic) bond motifs is 3. The van der Waals surface area contributed by atoms with Gasteiger partial charge in [0, 0.05) is 12.0 Å². The van der Waals surface area contributed by atoms with Gasteiger partial charge in [-0.3, -0.25) is 9.59 Å². The fraction of sp³-hybridized carbons (Fsp3) is 0.400. The molecule has 2 aliphatic rings. The van der Waals surface area contributed by atoms with Gasteiger partial charge in [0.15, 0.2) is 0 Å². The molecule has 0 spiro atoms. The minimum absolute atomic E-state index is 0.0735. The van der Waals surface area contributed by atoms with Crippen LogP contribution in [0.25, 0.3) is 11.1 Å². The molecule has 1 fully saturated rings. The average molecular weight is 437 g/mol. The normalized spacial score (nSPS) is 16.4. The summed E-state index contributed by atoms with van der Waals surface area (Å²) in [7, 11) is 0. The first-order chi connectivity index (χ1) is 15.4. The summed E-state index contributed by atoms with van der Waals surface area (Å²) < 4.78 is 5.46. The maximum atomic E-state index is 12.6. The molecule has 0 heterocycles. The number of alkyl carbamates (subject to hydrolysis) is 1. The number of aliphatic carboxylic acids is 1. The Bertz CT molecular complexity index is 971. The van der Waals surface area contributed by atoms with Crippen LogP contribution in [0.1, 0.15) is 49.7 Å². The van der Waals surface area contributed by atoms with Crippen LogP contribution in [0.15, 0.2) is 48.5 Å². The Morgan fingerprint density at radius 2 is 1.59 bits per heavy atom. The lowest BCUT2D eigenvalue weighted by atomic mass is 9.98. The van der Waals surface area contributed by atoms with Gasteiger partial charge >= 0.3 is 12.1 Å². The Kier molecular flexibility index (Phi) is 6.44. The molecule has 0 saturated heterocycles. The topological polar surface area (TPSA) is 105 Å². The second-order valence-corrected chi connectivity index (χ2v) is 8.71. The minimum Gasteiger partial charge on any atom is -0.481 e. The maximum Gasteiger partial charge on any atom is 0.407 e. The smallest absolute Gasteiger partial charge is 0.407 e. The molecule has 7 nitrogen and oxygen atoms in total. The number of benzene rings is 2. The highest BCUT2D eigenvalue weighted by Crippen LogP contribution is 2.44. The Morgan fingerprint density at radius 3 is 2.16 bits per heavy atom. The predicted octanol–water partition coefficient (Wildman–Crippen LogP) is 3.67. The van der Waals surface area contributed by atoms with Crippen molar-refractivity contribution in [2.24, 2.45) is 5.92 Å². The molecule has 2 aromatic carbocycles. The number of carboxylic acid groups (broad SMARTS) is 1. The van der Waals surface area contributed by atoms with E-state index in [1.165, 1.54) is 0 Å². The summed E-state index contributed by atoms with van der Waals surface area (Å²) in [6, 6.07) is 14.7. The molecule has 3 N–H and O–H groups in total. The Morgan fingerprint density at radius 1 is 1.00 bits per heavy atom. The SMILES string of the molecule is CC(CC1CC1)NC(=O)C(CC(=O)O)NC(=O)OCC1c2ccccc2-c2ccccc21. The first-order valence-electron chi connectivity index (χ1n) is 11.1. The highest BCUT2D eigenvalue weighted by atomic mass is 16.5. The van der Waals surface area contributed by atoms with Crippen molar-refractivity contribution in [1.82, 2.24) is 10.6 Å². The van der Waals surface area contributed by atoms with Crippen LogP contribution in [0, 0.1) is 5.92 Å². The van der Waals surface area contributed by atoms with Crippen molar-refractivity contribution in [2.75, 3.05) is 6.61 Å². The van der Waals surface area contributed by atoms with Crippen LogP contribution in [0.4, 0.5) is 4.79 Å². The van der Waals surface area contributed by atoms with Gasteiger partial charge in [-0.05, 0) is 41.5 Å². The van der Waals surface area contributed by atoms with E-state index in [0.29, 0.717) is 5.92 Å². The number of hydrogen-bond acceptors (Lipinski definition) is 4. The molecule has 2 unspecified atom stereocenters. The molecule has 168 valence electrons. The van der Waals surface area contributed by atoms with Gasteiger partial charge in [-0.2, -0.15) is 0 Å². The van der Waals surface area contributed by atoms with E-state index >= 15 is 0 Å². The second kappa shape index (κ2) is 9.42. The summed E-state index contributed by atoms with van der Waals surface area (Å²) in [5.74, 6) is -1.16. The summed E-state index contributed by atoms with van der Waals surface area (Å²) in [4.78, 5) is 36.3. The van der Waals surface area contributed by atoms with Crippen molar-refractivity contribution in [3.63, 3.8) is 0 Å². The molecule has 2 amide bonds. The molecular weight excluding hydrogens is 408 g/mol. The second-order valence-electron chi connectivity index (χ2n) is 8.71. The zero-order chi connectivity index (χ0) is 22.7. The summed E-state index contributed by atoms with van der Waals surface area (Å²) >= 11 is 0. The average Bonchev–Trinajstić information content (AvgIpc) is 3.51. The molecule has 1 saturated carbocycles. The van der Waals surface area contributed by atoms with E-state index < -0.39 is 30.4 Å². The summed E-state index contributed by atoms with van der Waals surface area (Å²) in [6.45, 7) is 1.99. The van der Waals surface area contributed by atoms with Gasteiger partial charge < -0.3 is 20.5 Å². The van der Waals surface area contributed by atoms with E-state index in [9.17, 15) is 19.5 Å². The molecule has 0 bridgehead atoms. The zero-order valence-corrected chi connectivity index (χ0v) is 18.0. The molecule has 2 aliphatic carbocycles. The third-order valence-electron chi connectivity index (χ3n) is 6.10.